The zero-order valence-corrected chi connectivity index (χ0v) is 15.6. The number of para-hydroxylation sites is 2. The average Bonchev–Trinajstić information content (AvgIpc) is 3.14. The highest BCUT2D eigenvalue weighted by Crippen LogP contribution is 2.15. The van der Waals surface area contributed by atoms with Crippen LogP contribution in [0.2, 0.25) is 0 Å². The van der Waals surface area contributed by atoms with E-state index in [1.54, 1.807) is 12.1 Å². The van der Waals surface area contributed by atoms with Gasteiger partial charge in [0.25, 0.3) is 5.91 Å². The van der Waals surface area contributed by atoms with E-state index in [0.717, 1.165) is 11.6 Å². The second-order valence-corrected chi connectivity index (χ2v) is 6.09. The Kier molecular flexibility index (Phi) is 6.36. The molecular formula is C21H19N3O5. The first-order valence-corrected chi connectivity index (χ1v) is 8.88. The second-order valence-electron chi connectivity index (χ2n) is 6.09. The Morgan fingerprint density at radius 3 is 2.59 bits per heavy atom. The van der Waals surface area contributed by atoms with E-state index in [2.05, 4.69) is 15.6 Å². The minimum absolute atomic E-state index is 0.237. The Morgan fingerprint density at radius 2 is 1.83 bits per heavy atom. The van der Waals surface area contributed by atoms with E-state index >= 15 is 0 Å². The van der Waals surface area contributed by atoms with Crippen molar-refractivity contribution >= 4 is 35.1 Å². The van der Waals surface area contributed by atoms with Crippen molar-refractivity contribution in [3.63, 3.8) is 0 Å². The number of amides is 3. The molecule has 0 radical (unpaired) electrons. The monoisotopic (exact) mass is 393 g/mol. The van der Waals surface area contributed by atoms with Crippen molar-refractivity contribution in [1.29, 1.82) is 0 Å². The molecule has 0 spiro atoms. The van der Waals surface area contributed by atoms with Gasteiger partial charge in [-0.1, -0.05) is 42.5 Å². The van der Waals surface area contributed by atoms with Gasteiger partial charge in [-0.25, -0.2) is 14.6 Å². The second kappa shape index (κ2) is 9.32. The third-order valence-electron chi connectivity index (χ3n) is 3.87. The number of oxazole rings is 1. The highest BCUT2D eigenvalue weighted by molar-refractivity contribution is 5.98. The molecule has 0 saturated heterocycles. The molecule has 3 aromatic rings. The Hall–Kier alpha value is -3.94. The molecular weight excluding hydrogens is 374 g/mol. The lowest BCUT2D eigenvalue weighted by molar-refractivity contribution is -0.149. The number of hydrogen-bond acceptors (Lipinski definition) is 6. The summed E-state index contributed by atoms with van der Waals surface area (Å²) < 4.78 is 10.4. The van der Waals surface area contributed by atoms with Crippen molar-refractivity contribution in [2.45, 2.75) is 19.6 Å². The molecule has 0 saturated carbocycles. The number of hydrogen-bond donors (Lipinski definition) is 2. The molecule has 2 aromatic carbocycles. The maximum atomic E-state index is 12.0. The molecule has 1 heterocycles. The van der Waals surface area contributed by atoms with Crippen LogP contribution in [0, 0.1) is 0 Å². The lowest BCUT2D eigenvalue weighted by Crippen LogP contribution is -2.44. The van der Waals surface area contributed by atoms with Gasteiger partial charge in [-0.2, -0.15) is 0 Å². The smallest absolute Gasteiger partial charge is 0.331 e. The SMILES string of the molecule is CC(OC(=O)/C=C/c1nc2ccccc2o1)C(=O)NC(=O)NCc1ccccc1. The maximum absolute atomic E-state index is 12.0. The predicted molar refractivity (Wildman–Crippen MR) is 105 cm³/mol. The van der Waals surface area contributed by atoms with Gasteiger partial charge < -0.3 is 14.5 Å². The standard InChI is InChI=1S/C21H19N3O5/c1-14(20(26)24-21(27)22-13-15-7-3-2-4-8-15)28-19(25)12-11-18-23-16-9-5-6-10-17(16)29-18/h2-12,14H,13H2,1H3,(H2,22,24,26,27)/b12-11+. The number of carbonyl (C=O) groups is 3. The summed E-state index contributed by atoms with van der Waals surface area (Å²) in [6.45, 7) is 1.63. The van der Waals surface area contributed by atoms with Crippen LogP contribution in [0.15, 0.2) is 65.1 Å². The molecule has 0 bridgehead atoms. The predicted octanol–water partition coefficient (Wildman–Crippen LogP) is 2.80. The van der Waals surface area contributed by atoms with Crippen molar-refractivity contribution in [3.05, 3.63) is 72.1 Å². The average molecular weight is 393 g/mol. The number of aromatic nitrogens is 1. The summed E-state index contributed by atoms with van der Waals surface area (Å²) in [5, 5.41) is 4.68. The number of fused-ring (bicyclic) bond motifs is 1. The third kappa shape index (κ3) is 5.77. The first kappa shape index (κ1) is 19.8. The zero-order chi connectivity index (χ0) is 20.6. The summed E-state index contributed by atoms with van der Waals surface area (Å²) in [7, 11) is 0. The minimum Gasteiger partial charge on any atom is -0.449 e. The summed E-state index contributed by atoms with van der Waals surface area (Å²) in [4.78, 5) is 39.9. The van der Waals surface area contributed by atoms with Crippen molar-refractivity contribution in [1.82, 2.24) is 15.6 Å². The molecule has 0 aliphatic rings. The van der Waals surface area contributed by atoms with E-state index in [0.29, 0.717) is 11.1 Å². The molecule has 1 atom stereocenters. The van der Waals surface area contributed by atoms with E-state index in [1.807, 2.05) is 42.5 Å². The zero-order valence-electron chi connectivity index (χ0n) is 15.6. The maximum Gasteiger partial charge on any atom is 0.331 e. The van der Waals surface area contributed by atoms with Crippen LogP contribution in [0.4, 0.5) is 4.79 Å². The fourth-order valence-corrected chi connectivity index (χ4v) is 2.40. The van der Waals surface area contributed by atoms with Gasteiger partial charge in [-0.3, -0.25) is 10.1 Å². The van der Waals surface area contributed by atoms with Crippen LogP contribution in [-0.4, -0.2) is 29.0 Å². The number of nitrogens with zero attached hydrogens (tertiary/aromatic N) is 1. The van der Waals surface area contributed by atoms with Crippen molar-refractivity contribution < 1.29 is 23.5 Å². The summed E-state index contributed by atoms with van der Waals surface area (Å²) >= 11 is 0. The Balaban J connectivity index is 1.45. The minimum atomic E-state index is -1.15. The Morgan fingerprint density at radius 1 is 1.10 bits per heavy atom. The van der Waals surface area contributed by atoms with Gasteiger partial charge >= 0.3 is 12.0 Å². The fourth-order valence-electron chi connectivity index (χ4n) is 2.40. The highest BCUT2D eigenvalue weighted by Gasteiger charge is 2.19. The van der Waals surface area contributed by atoms with Crippen LogP contribution in [-0.2, 0) is 20.9 Å². The van der Waals surface area contributed by atoms with Crippen LogP contribution in [0.5, 0.6) is 0 Å². The lowest BCUT2D eigenvalue weighted by Gasteiger charge is -2.12. The molecule has 29 heavy (non-hydrogen) atoms. The molecule has 0 aliphatic carbocycles. The van der Waals surface area contributed by atoms with Gasteiger partial charge in [0.05, 0.1) is 0 Å². The Labute approximate surface area is 166 Å². The highest BCUT2D eigenvalue weighted by atomic mass is 16.5. The van der Waals surface area contributed by atoms with Crippen molar-refractivity contribution in [2.24, 2.45) is 0 Å². The summed E-state index contributed by atoms with van der Waals surface area (Å²) in [5.41, 5.74) is 2.14. The number of benzene rings is 2. The fraction of sp³-hybridized carbons (Fsp3) is 0.143. The Bertz CT molecular complexity index is 1010. The summed E-state index contributed by atoms with van der Waals surface area (Å²) in [6.07, 6.45) is 1.29. The van der Waals surface area contributed by atoms with Crippen LogP contribution < -0.4 is 10.6 Å². The number of carbonyl (C=O) groups excluding carboxylic acids is 3. The summed E-state index contributed by atoms with van der Waals surface area (Å²) in [5.74, 6) is -1.26. The topological polar surface area (TPSA) is 111 Å². The molecule has 8 heteroatoms. The molecule has 148 valence electrons. The van der Waals surface area contributed by atoms with E-state index in [-0.39, 0.29) is 12.4 Å². The quantitative estimate of drug-likeness (QED) is 0.492. The molecule has 3 rings (SSSR count). The molecule has 0 aliphatic heterocycles. The van der Waals surface area contributed by atoms with E-state index in [9.17, 15) is 14.4 Å². The van der Waals surface area contributed by atoms with Gasteiger partial charge in [0.2, 0.25) is 5.89 Å². The van der Waals surface area contributed by atoms with Crippen LogP contribution in [0.25, 0.3) is 17.2 Å². The van der Waals surface area contributed by atoms with Gasteiger partial charge in [0.15, 0.2) is 11.7 Å². The molecule has 2 N–H and O–H groups in total. The number of ether oxygens (including phenoxy) is 1. The normalized spacial score (nSPS) is 11.9. The number of urea groups is 1. The van der Waals surface area contributed by atoms with Crippen LogP contribution in [0.3, 0.4) is 0 Å². The van der Waals surface area contributed by atoms with Gasteiger partial charge in [0, 0.05) is 18.7 Å². The first-order valence-electron chi connectivity index (χ1n) is 8.88. The molecule has 1 unspecified atom stereocenters. The largest absolute Gasteiger partial charge is 0.449 e. The molecule has 0 fully saturated rings. The van der Waals surface area contributed by atoms with E-state index in [4.69, 9.17) is 9.15 Å². The number of esters is 1. The first-order chi connectivity index (χ1) is 14.0. The molecule has 1 aromatic heterocycles. The van der Waals surface area contributed by atoms with Crippen molar-refractivity contribution in [3.8, 4) is 0 Å². The van der Waals surface area contributed by atoms with Crippen LogP contribution in [0.1, 0.15) is 18.4 Å². The lowest BCUT2D eigenvalue weighted by atomic mass is 10.2. The number of rotatable bonds is 6. The van der Waals surface area contributed by atoms with E-state index in [1.165, 1.54) is 13.0 Å². The van der Waals surface area contributed by atoms with E-state index < -0.39 is 24.0 Å². The number of imide groups is 1. The van der Waals surface area contributed by atoms with Crippen LogP contribution >= 0.6 is 0 Å². The van der Waals surface area contributed by atoms with Gasteiger partial charge in [-0.15, -0.1) is 0 Å². The molecule has 3 amide bonds. The third-order valence-corrected chi connectivity index (χ3v) is 3.87. The number of nitrogens with one attached hydrogen (secondary N) is 2. The molecule has 8 nitrogen and oxygen atoms in total. The summed E-state index contributed by atoms with van der Waals surface area (Å²) in [6, 6.07) is 15.7. The van der Waals surface area contributed by atoms with Gasteiger partial charge in [0.1, 0.15) is 5.52 Å². The van der Waals surface area contributed by atoms with Crippen molar-refractivity contribution in [2.75, 3.05) is 0 Å². The van der Waals surface area contributed by atoms with Gasteiger partial charge in [-0.05, 0) is 24.6 Å².